The van der Waals surface area contributed by atoms with Crippen LogP contribution in [0.4, 0.5) is 0 Å². The summed E-state index contributed by atoms with van der Waals surface area (Å²) in [6.45, 7) is 6.10. The van der Waals surface area contributed by atoms with E-state index in [9.17, 15) is 13.0 Å². The Labute approximate surface area is 156 Å². The van der Waals surface area contributed by atoms with Gasteiger partial charge in [-0.05, 0) is 73.4 Å². The van der Waals surface area contributed by atoms with Crippen molar-refractivity contribution in [2.24, 2.45) is 0 Å². The molecule has 0 radical (unpaired) electrons. The Bertz CT molecular complexity index is 1010. The number of aryl methyl sites for hydroxylation is 3. The zero-order valence-electron chi connectivity index (χ0n) is 15.0. The molecule has 3 aromatic carbocycles. The summed E-state index contributed by atoms with van der Waals surface area (Å²) in [7, 11) is -5.04. The molecule has 3 aromatic rings. The smallest absolute Gasteiger partial charge is 0.282 e. The lowest BCUT2D eigenvalue weighted by Gasteiger charge is -2.24. The molecule has 0 fully saturated rings. The summed E-state index contributed by atoms with van der Waals surface area (Å²) in [5, 5.41) is 3.59. The van der Waals surface area contributed by atoms with Crippen LogP contribution >= 0.6 is 7.92 Å². The molecule has 3 rings (SSSR count). The fraction of sp³-hybridized carbons (Fsp3) is 0.143. The van der Waals surface area contributed by atoms with Gasteiger partial charge in [0.25, 0.3) is 10.1 Å². The predicted molar refractivity (Wildman–Crippen MR) is 109 cm³/mol. The van der Waals surface area contributed by atoms with Gasteiger partial charge in [0.15, 0.2) is 0 Å². The van der Waals surface area contributed by atoms with Gasteiger partial charge < -0.3 is 0 Å². The van der Waals surface area contributed by atoms with Crippen molar-refractivity contribution >= 4 is 34.0 Å². The quantitative estimate of drug-likeness (QED) is 0.552. The lowest BCUT2D eigenvalue weighted by Crippen LogP contribution is -2.25. The minimum Gasteiger partial charge on any atom is -0.282 e. The van der Waals surface area contributed by atoms with Gasteiger partial charge in [0, 0.05) is 0 Å². The van der Waals surface area contributed by atoms with Crippen molar-refractivity contribution in [1.82, 2.24) is 0 Å². The van der Waals surface area contributed by atoms with Crippen LogP contribution in [-0.4, -0.2) is 13.0 Å². The first-order valence-electron chi connectivity index (χ1n) is 8.28. The van der Waals surface area contributed by atoms with Gasteiger partial charge >= 0.3 is 0 Å². The number of benzene rings is 3. The lowest BCUT2D eigenvalue weighted by molar-refractivity contribution is 0.483. The highest BCUT2D eigenvalue weighted by Crippen LogP contribution is 2.36. The molecular weight excluding hydrogens is 363 g/mol. The van der Waals surface area contributed by atoms with Crippen molar-refractivity contribution in [1.29, 1.82) is 0 Å². The number of hydrogen-bond donors (Lipinski definition) is 1. The summed E-state index contributed by atoms with van der Waals surface area (Å²) in [4.78, 5) is -0.0664. The van der Waals surface area contributed by atoms with Gasteiger partial charge in [-0.25, -0.2) is 0 Å². The summed E-state index contributed by atoms with van der Waals surface area (Å²) in [6, 6.07) is 21.5. The number of hydrogen-bond acceptors (Lipinski definition) is 2. The molecule has 0 saturated heterocycles. The molecule has 0 heterocycles. The lowest BCUT2D eigenvalue weighted by atomic mass is 10.2. The molecule has 134 valence electrons. The van der Waals surface area contributed by atoms with Crippen molar-refractivity contribution in [3.05, 3.63) is 83.4 Å². The van der Waals surface area contributed by atoms with Crippen LogP contribution in [0.15, 0.2) is 71.6 Å². The molecule has 26 heavy (non-hydrogen) atoms. The van der Waals surface area contributed by atoms with Gasteiger partial charge in [0.2, 0.25) is 0 Å². The SMILES string of the molecule is Cc1ccccc1P(c1ccccc1C)c1ccc(S(=O)(=O)O)cc1C. The molecule has 0 saturated carbocycles. The van der Waals surface area contributed by atoms with Crippen LogP contribution in [0.2, 0.25) is 0 Å². The third kappa shape index (κ3) is 3.73. The fourth-order valence-corrected chi connectivity index (χ4v) is 6.37. The van der Waals surface area contributed by atoms with E-state index in [0.717, 1.165) is 10.9 Å². The molecular formula is C21H21O3PS. The number of rotatable bonds is 4. The normalized spacial score (nSPS) is 11.7. The maximum atomic E-state index is 11.5. The molecule has 0 spiro atoms. The molecule has 0 unspecified atom stereocenters. The van der Waals surface area contributed by atoms with Crippen molar-refractivity contribution in [2.45, 2.75) is 25.7 Å². The predicted octanol–water partition coefficient (Wildman–Crippen LogP) is 3.62. The van der Waals surface area contributed by atoms with Crippen LogP contribution in [0.5, 0.6) is 0 Å². The van der Waals surface area contributed by atoms with Crippen molar-refractivity contribution in [3.63, 3.8) is 0 Å². The minimum absolute atomic E-state index is 0.0664. The van der Waals surface area contributed by atoms with Crippen molar-refractivity contribution in [2.75, 3.05) is 0 Å². The summed E-state index contributed by atoms with van der Waals surface area (Å²) in [5.74, 6) is 0. The van der Waals surface area contributed by atoms with Gasteiger partial charge in [-0.3, -0.25) is 4.55 Å². The van der Waals surface area contributed by atoms with E-state index in [2.05, 4.69) is 38.1 Å². The highest BCUT2D eigenvalue weighted by atomic mass is 32.2. The highest BCUT2D eigenvalue weighted by molar-refractivity contribution is 7.85. The van der Waals surface area contributed by atoms with Crippen LogP contribution in [0, 0.1) is 20.8 Å². The first-order valence-corrected chi connectivity index (χ1v) is 11.1. The first-order chi connectivity index (χ1) is 12.3. The van der Waals surface area contributed by atoms with Crippen LogP contribution in [0.25, 0.3) is 0 Å². The average molecular weight is 384 g/mol. The largest absolute Gasteiger partial charge is 0.294 e. The minimum atomic E-state index is -4.21. The second kappa shape index (κ2) is 7.32. The molecule has 0 aliphatic carbocycles. The summed E-state index contributed by atoms with van der Waals surface area (Å²) < 4.78 is 32.3. The Morgan fingerprint density at radius 1 is 0.692 bits per heavy atom. The van der Waals surface area contributed by atoms with E-state index in [4.69, 9.17) is 0 Å². The summed E-state index contributed by atoms with van der Waals surface area (Å²) >= 11 is 0. The Morgan fingerprint density at radius 3 is 1.58 bits per heavy atom. The van der Waals surface area contributed by atoms with E-state index >= 15 is 0 Å². The van der Waals surface area contributed by atoms with Crippen LogP contribution in [0.1, 0.15) is 16.7 Å². The third-order valence-electron chi connectivity index (χ3n) is 4.42. The van der Waals surface area contributed by atoms with Crippen molar-refractivity contribution in [3.8, 4) is 0 Å². The molecule has 0 aliphatic rings. The molecule has 0 bridgehead atoms. The van der Waals surface area contributed by atoms with E-state index in [1.165, 1.54) is 27.8 Å². The topological polar surface area (TPSA) is 54.4 Å². The Kier molecular flexibility index (Phi) is 5.29. The molecule has 0 amide bonds. The third-order valence-corrected chi connectivity index (χ3v) is 8.22. The van der Waals surface area contributed by atoms with Crippen molar-refractivity contribution < 1.29 is 13.0 Å². The van der Waals surface area contributed by atoms with E-state index in [0.29, 0.717) is 0 Å². The summed E-state index contributed by atoms with van der Waals surface area (Å²) in [5.41, 5.74) is 3.28. The molecule has 1 N–H and O–H groups in total. The van der Waals surface area contributed by atoms with Gasteiger partial charge in [-0.15, -0.1) is 0 Å². The monoisotopic (exact) mass is 384 g/mol. The molecule has 0 aliphatic heterocycles. The Balaban J connectivity index is 2.26. The van der Waals surface area contributed by atoms with Gasteiger partial charge in [-0.2, -0.15) is 8.42 Å². The molecule has 5 heteroatoms. The summed E-state index contributed by atoms with van der Waals surface area (Å²) in [6.07, 6.45) is 0. The highest BCUT2D eigenvalue weighted by Gasteiger charge is 2.22. The van der Waals surface area contributed by atoms with Crippen LogP contribution in [-0.2, 0) is 10.1 Å². The van der Waals surface area contributed by atoms with Gasteiger partial charge in [0.1, 0.15) is 0 Å². The molecule has 3 nitrogen and oxygen atoms in total. The Hall–Kier alpha value is -2.00. The van der Waals surface area contributed by atoms with E-state index in [-0.39, 0.29) is 4.90 Å². The molecule has 0 atom stereocenters. The van der Waals surface area contributed by atoms with Crippen LogP contribution < -0.4 is 15.9 Å². The second-order valence-corrected chi connectivity index (χ2v) is 9.87. The molecule has 0 aromatic heterocycles. The average Bonchev–Trinajstić information content (AvgIpc) is 2.58. The fourth-order valence-electron chi connectivity index (χ4n) is 3.06. The van der Waals surface area contributed by atoms with Gasteiger partial charge in [-0.1, -0.05) is 54.6 Å². The van der Waals surface area contributed by atoms with E-state index in [1.807, 2.05) is 37.3 Å². The second-order valence-electron chi connectivity index (χ2n) is 6.33. The maximum absolute atomic E-state index is 11.5. The zero-order chi connectivity index (χ0) is 18.9. The van der Waals surface area contributed by atoms with Gasteiger partial charge in [0.05, 0.1) is 4.90 Å². The zero-order valence-corrected chi connectivity index (χ0v) is 16.7. The Morgan fingerprint density at radius 2 is 1.15 bits per heavy atom. The van der Waals surface area contributed by atoms with E-state index < -0.39 is 18.0 Å². The maximum Gasteiger partial charge on any atom is 0.294 e. The standard InChI is InChI=1S/C21H21O3PS/c1-15-8-4-6-10-19(15)25(20-11-7-5-9-16(20)2)21-13-12-18(14-17(21)3)26(22,23)24/h4-14H,1-3H3,(H,22,23,24). The first kappa shape index (κ1) is 18.8. The van der Waals surface area contributed by atoms with Crippen LogP contribution in [0.3, 0.4) is 0 Å². The van der Waals surface area contributed by atoms with E-state index in [1.54, 1.807) is 6.07 Å².